The Labute approximate surface area is 110 Å². The third-order valence-corrected chi connectivity index (χ3v) is 3.89. The van der Waals surface area contributed by atoms with Gasteiger partial charge in [-0.25, -0.2) is 0 Å². The normalized spacial score (nSPS) is 21.9. The standard InChI is InChI=1S/C15H24N2O/c1-2-14(16)13-7-3-4-8-15(13)17-9-5-6-12(10-17)11-18/h3-4,7-8,12,14,18H,2,5-6,9-11,16H2,1H3/t12?,14-/m1/s1. The topological polar surface area (TPSA) is 49.5 Å². The van der Waals surface area contributed by atoms with Gasteiger partial charge in [-0.1, -0.05) is 25.1 Å². The van der Waals surface area contributed by atoms with Crippen LogP contribution < -0.4 is 10.6 Å². The van der Waals surface area contributed by atoms with Gasteiger partial charge in [0, 0.05) is 31.4 Å². The van der Waals surface area contributed by atoms with Gasteiger partial charge in [-0.3, -0.25) is 0 Å². The summed E-state index contributed by atoms with van der Waals surface area (Å²) in [4.78, 5) is 2.38. The molecule has 18 heavy (non-hydrogen) atoms. The van der Waals surface area contributed by atoms with E-state index in [0.29, 0.717) is 12.5 Å². The van der Waals surface area contributed by atoms with Crippen molar-refractivity contribution in [2.24, 2.45) is 11.7 Å². The third kappa shape index (κ3) is 2.85. The monoisotopic (exact) mass is 248 g/mol. The molecule has 100 valence electrons. The van der Waals surface area contributed by atoms with Gasteiger partial charge in [-0.05, 0) is 36.8 Å². The summed E-state index contributed by atoms with van der Waals surface area (Å²) in [6, 6.07) is 8.53. The van der Waals surface area contributed by atoms with Crippen LogP contribution in [-0.2, 0) is 0 Å². The molecule has 1 heterocycles. The molecule has 1 aliphatic heterocycles. The van der Waals surface area contributed by atoms with Crippen molar-refractivity contribution in [2.75, 3.05) is 24.6 Å². The lowest BCUT2D eigenvalue weighted by Gasteiger charge is -2.35. The fraction of sp³-hybridized carbons (Fsp3) is 0.600. The number of benzene rings is 1. The Bertz CT molecular complexity index is 381. The third-order valence-electron chi connectivity index (χ3n) is 3.89. The summed E-state index contributed by atoms with van der Waals surface area (Å²) in [5, 5.41) is 9.33. The Balaban J connectivity index is 2.21. The summed E-state index contributed by atoms with van der Waals surface area (Å²) in [6.07, 6.45) is 3.24. The Morgan fingerprint density at radius 2 is 2.22 bits per heavy atom. The molecular weight excluding hydrogens is 224 g/mol. The van der Waals surface area contributed by atoms with Crippen LogP contribution in [0.5, 0.6) is 0 Å². The van der Waals surface area contributed by atoms with Gasteiger partial charge in [-0.15, -0.1) is 0 Å². The molecule has 1 aromatic carbocycles. The molecule has 0 amide bonds. The fourth-order valence-electron chi connectivity index (χ4n) is 2.74. The molecule has 1 aliphatic rings. The highest BCUT2D eigenvalue weighted by Crippen LogP contribution is 2.30. The van der Waals surface area contributed by atoms with Crippen LogP contribution >= 0.6 is 0 Å². The summed E-state index contributed by atoms with van der Waals surface area (Å²) >= 11 is 0. The molecule has 0 aromatic heterocycles. The van der Waals surface area contributed by atoms with Crippen molar-refractivity contribution in [3.8, 4) is 0 Å². The molecule has 3 heteroatoms. The lowest BCUT2D eigenvalue weighted by Crippen LogP contribution is -2.37. The Morgan fingerprint density at radius 3 is 2.94 bits per heavy atom. The number of aliphatic hydroxyl groups excluding tert-OH is 1. The molecule has 2 atom stereocenters. The number of nitrogens with zero attached hydrogens (tertiary/aromatic N) is 1. The summed E-state index contributed by atoms with van der Waals surface area (Å²) in [5.74, 6) is 0.407. The fourth-order valence-corrected chi connectivity index (χ4v) is 2.74. The molecule has 3 nitrogen and oxygen atoms in total. The Morgan fingerprint density at radius 1 is 1.44 bits per heavy atom. The first-order valence-corrected chi connectivity index (χ1v) is 6.96. The van der Waals surface area contributed by atoms with Crippen molar-refractivity contribution in [1.29, 1.82) is 0 Å². The second-order valence-corrected chi connectivity index (χ2v) is 5.21. The van der Waals surface area contributed by atoms with Crippen molar-refractivity contribution < 1.29 is 5.11 Å². The van der Waals surface area contributed by atoms with Gasteiger partial charge < -0.3 is 15.7 Å². The van der Waals surface area contributed by atoms with Crippen molar-refractivity contribution in [3.63, 3.8) is 0 Å². The number of nitrogens with two attached hydrogens (primary N) is 1. The van der Waals surface area contributed by atoms with Crippen LogP contribution in [0.25, 0.3) is 0 Å². The summed E-state index contributed by atoms with van der Waals surface area (Å²) in [7, 11) is 0. The van der Waals surface area contributed by atoms with Crippen molar-refractivity contribution in [1.82, 2.24) is 0 Å². The molecule has 1 fully saturated rings. The molecule has 3 N–H and O–H groups in total. The Kier molecular flexibility index (Phi) is 4.61. The van der Waals surface area contributed by atoms with Gasteiger partial charge in [0.1, 0.15) is 0 Å². The Hall–Kier alpha value is -1.06. The van der Waals surface area contributed by atoms with E-state index in [-0.39, 0.29) is 6.04 Å². The molecule has 0 aliphatic carbocycles. The first-order chi connectivity index (χ1) is 8.76. The van der Waals surface area contributed by atoms with E-state index in [2.05, 4.69) is 36.1 Å². The second kappa shape index (κ2) is 6.21. The number of anilines is 1. The van der Waals surface area contributed by atoms with Gasteiger partial charge in [0.05, 0.1) is 0 Å². The zero-order valence-corrected chi connectivity index (χ0v) is 11.2. The first kappa shape index (κ1) is 13.4. The summed E-state index contributed by atoms with van der Waals surface area (Å²) < 4.78 is 0. The van der Waals surface area contributed by atoms with Gasteiger partial charge in [-0.2, -0.15) is 0 Å². The van der Waals surface area contributed by atoms with Crippen LogP contribution in [-0.4, -0.2) is 24.8 Å². The predicted octanol–water partition coefficient (Wildman–Crippen LogP) is 2.31. The van der Waals surface area contributed by atoms with E-state index in [0.717, 1.165) is 32.4 Å². The summed E-state index contributed by atoms with van der Waals surface area (Å²) in [5.41, 5.74) is 8.68. The van der Waals surface area contributed by atoms with Gasteiger partial charge >= 0.3 is 0 Å². The highest BCUT2D eigenvalue weighted by atomic mass is 16.3. The van der Waals surface area contributed by atoms with E-state index < -0.39 is 0 Å². The molecule has 0 radical (unpaired) electrons. The lowest BCUT2D eigenvalue weighted by atomic mass is 9.96. The van der Waals surface area contributed by atoms with E-state index >= 15 is 0 Å². The van der Waals surface area contributed by atoms with Crippen LogP contribution in [0.3, 0.4) is 0 Å². The van der Waals surface area contributed by atoms with Crippen LogP contribution in [0.1, 0.15) is 37.8 Å². The largest absolute Gasteiger partial charge is 0.396 e. The molecule has 0 saturated carbocycles. The number of hydrogen-bond acceptors (Lipinski definition) is 3. The molecule has 0 spiro atoms. The highest BCUT2D eigenvalue weighted by Gasteiger charge is 2.22. The van der Waals surface area contributed by atoms with Gasteiger partial charge in [0.15, 0.2) is 0 Å². The predicted molar refractivity (Wildman–Crippen MR) is 75.7 cm³/mol. The minimum Gasteiger partial charge on any atom is -0.396 e. The van der Waals surface area contributed by atoms with Crippen molar-refractivity contribution in [2.45, 2.75) is 32.2 Å². The second-order valence-electron chi connectivity index (χ2n) is 5.21. The highest BCUT2D eigenvalue weighted by molar-refractivity contribution is 5.55. The van der Waals surface area contributed by atoms with Crippen LogP contribution in [0.15, 0.2) is 24.3 Å². The van der Waals surface area contributed by atoms with E-state index in [4.69, 9.17) is 5.73 Å². The maximum atomic E-state index is 9.33. The van der Waals surface area contributed by atoms with E-state index in [1.54, 1.807) is 0 Å². The van der Waals surface area contributed by atoms with Crippen molar-refractivity contribution in [3.05, 3.63) is 29.8 Å². The SMILES string of the molecule is CC[C@@H](N)c1ccccc1N1CCCC(CO)C1. The lowest BCUT2D eigenvalue weighted by molar-refractivity contribution is 0.208. The molecular formula is C15H24N2O. The maximum Gasteiger partial charge on any atom is 0.0476 e. The molecule has 1 saturated heterocycles. The average Bonchev–Trinajstić information content (AvgIpc) is 2.46. The minimum atomic E-state index is 0.107. The molecule has 1 aromatic rings. The zero-order valence-electron chi connectivity index (χ0n) is 11.2. The molecule has 2 rings (SSSR count). The van der Waals surface area contributed by atoms with Gasteiger partial charge in [0.25, 0.3) is 0 Å². The number of hydrogen-bond donors (Lipinski definition) is 2. The molecule has 1 unspecified atom stereocenters. The van der Waals surface area contributed by atoms with Crippen LogP contribution in [0.4, 0.5) is 5.69 Å². The number of rotatable bonds is 4. The van der Waals surface area contributed by atoms with Crippen molar-refractivity contribution >= 4 is 5.69 Å². The smallest absolute Gasteiger partial charge is 0.0476 e. The van der Waals surface area contributed by atoms with Gasteiger partial charge in [0.2, 0.25) is 0 Å². The number of aliphatic hydroxyl groups is 1. The quantitative estimate of drug-likeness (QED) is 0.859. The average molecular weight is 248 g/mol. The van der Waals surface area contributed by atoms with E-state index in [1.807, 2.05) is 0 Å². The number of piperidine rings is 1. The zero-order chi connectivity index (χ0) is 13.0. The van der Waals surface area contributed by atoms with E-state index in [1.165, 1.54) is 11.3 Å². The number of para-hydroxylation sites is 1. The summed E-state index contributed by atoms with van der Waals surface area (Å²) in [6.45, 7) is 4.43. The molecule has 0 bridgehead atoms. The maximum absolute atomic E-state index is 9.33. The minimum absolute atomic E-state index is 0.107. The van der Waals surface area contributed by atoms with E-state index in [9.17, 15) is 5.11 Å². The first-order valence-electron chi connectivity index (χ1n) is 6.96. The van der Waals surface area contributed by atoms with Crippen LogP contribution in [0, 0.1) is 5.92 Å². The van der Waals surface area contributed by atoms with Crippen LogP contribution in [0.2, 0.25) is 0 Å².